The highest BCUT2D eigenvalue weighted by molar-refractivity contribution is 7.93. The van der Waals surface area contributed by atoms with Crippen molar-refractivity contribution in [3.05, 3.63) is 40.7 Å². The number of nitrogens with zero attached hydrogens (tertiary/aromatic N) is 3. The molecule has 0 amide bonds. The molecule has 0 aliphatic heterocycles. The Labute approximate surface area is 160 Å². The minimum atomic E-state index is -4.57. The smallest absolute Gasteiger partial charge is 0.263 e. The Morgan fingerprint density at radius 3 is 2.44 bits per heavy atom. The van der Waals surface area contributed by atoms with Crippen LogP contribution in [0.25, 0.3) is 0 Å². The van der Waals surface area contributed by atoms with E-state index in [2.05, 4.69) is 5.10 Å². The van der Waals surface area contributed by atoms with Gasteiger partial charge in [0, 0.05) is 13.1 Å². The summed E-state index contributed by atoms with van der Waals surface area (Å²) in [5.41, 5.74) is -0.747. The van der Waals surface area contributed by atoms with Crippen LogP contribution in [0.4, 0.5) is 18.9 Å². The zero-order valence-electron chi connectivity index (χ0n) is 15.0. The Morgan fingerprint density at radius 2 is 1.96 bits per heavy atom. The van der Waals surface area contributed by atoms with Crippen LogP contribution in [0, 0.1) is 12.8 Å². The second-order valence-electron chi connectivity index (χ2n) is 6.76. The maximum Gasteiger partial charge on any atom is 0.416 e. The lowest BCUT2D eigenvalue weighted by Crippen LogP contribution is -2.40. The van der Waals surface area contributed by atoms with Crippen molar-refractivity contribution in [3.63, 3.8) is 0 Å². The number of anilines is 1. The van der Waals surface area contributed by atoms with Crippen molar-refractivity contribution in [2.24, 2.45) is 13.0 Å². The Hall–Kier alpha value is -1.74. The van der Waals surface area contributed by atoms with Crippen LogP contribution in [-0.2, 0) is 23.2 Å². The van der Waals surface area contributed by atoms with Crippen molar-refractivity contribution in [2.45, 2.75) is 43.8 Å². The fourth-order valence-electron chi connectivity index (χ4n) is 3.18. The van der Waals surface area contributed by atoms with Crippen molar-refractivity contribution >= 4 is 27.3 Å². The Kier molecular flexibility index (Phi) is 4.96. The fourth-order valence-corrected chi connectivity index (χ4v) is 5.61. The van der Waals surface area contributed by atoms with Gasteiger partial charge in [0.05, 0.1) is 16.9 Å². The third-order valence-corrected chi connectivity index (χ3v) is 7.33. The van der Waals surface area contributed by atoms with Crippen molar-refractivity contribution in [2.75, 3.05) is 4.31 Å². The molecular formula is C17H19ClF3N3O2S. The van der Waals surface area contributed by atoms with Crippen LogP contribution in [0.3, 0.4) is 0 Å². The number of benzene rings is 1. The van der Waals surface area contributed by atoms with Gasteiger partial charge in [0.15, 0.2) is 0 Å². The van der Waals surface area contributed by atoms with Gasteiger partial charge in [-0.05, 0) is 50.8 Å². The number of rotatable bonds is 5. The minimum absolute atomic E-state index is 0.0384. The zero-order valence-corrected chi connectivity index (χ0v) is 16.5. The molecule has 1 aliphatic rings. The summed E-state index contributed by atoms with van der Waals surface area (Å²) < 4.78 is 68.6. The molecule has 2 aromatic rings. The van der Waals surface area contributed by atoms with Gasteiger partial charge >= 0.3 is 6.18 Å². The van der Waals surface area contributed by atoms with Crippen LogP contribution in [0.15, 0.2) is 29.2 Å². The quantitative estimate of drug-likeness (QED) is 0.719. The van der Waals surface area contributed by atoms with Gasteiger partial charge in [-0.2, -0.15) is 18.3 Å². The zero-order chi connectivity index (χ0) is 20.1. The van der Waals surface area contributed by atoms with Crippen LogP contribution in [0.2, 0.25) is 5.15 Å². The van der Waals surface area contributed by atoms with Gasteiger partial charge in [-0.3, -0.25) is 8.99 Å². The largest absolute Gasteiger partial charge is 0.416 e. The molecule has 10 heteroatoms. The summed E-state index contributed by atoms with van der Waals surface area (Å²) in [6, 6.07) is 3.84. The molecule has 0 saturated heterocycles. The van der Waals surface area contributed by atoms with Crippen molar-refractivity contribution in [1.29, 1.82) is 0 Å². The summed E-state index contributed by atoms with van der Waals surface area (Å²) in [4.78, 5) is -0.184. The van der Waals surface area contributed by atoms with E-state index in [0.29, 0.717) is 0 Å². The number of hydrogen-bond acceptors (Lipinski definition) is 3. The third kappa shape index (κ3) is 3.67. The van der Waals surface area contributed by atoms with Gasteiger partial charge in [-0.25, -0.2) is 8.42 Å². The van der Waals surface area contributed by atoms with Gasteiger partial charge in [0.1, 0.15) is 10.0 Å². The van der Waals surface area contributed by atoms with Crippen LogP contribution < -0.4 is 4.31 Å². The van der Waals surface area contributed by atoms with Gasteiger partial charge in [-0.15, -0.1) is 0 Å². The fraction of sp³-hybridized carbons (Fsp3) is 0.471. The first kappa shape index (κ1) is 20.0. The topological polar surface area (TPSA) is 55.2 Å². The second-order valence-corrected chi connectivity index (χ2v) is 8.87. The maximum absolute atomic E-state index is 13.4. The average molecular weight is 422 g/mol. The van der Waals surface area contributed by atoms with Crippen LogP contribution >= 0.6 is 11.6 Å². The van der Waals surface area contributed by atoms with Gasteiger partial charge < -0.3 is 0 Å². The molecule has 1 aromatic carbocycles. The number of aryl methyl sites for hydroxylation is 2. The summed E-state index contributed by atoms with van der Waals surface area (Å²) in [6.45, 7) is 3.21. The maximum atomic E-state index is 13.4. The highest BCUT2D eigenvalue weighted by Crippen LogP contribution is 2.42. The van der Waals surface area contributed by atoms with Gasteiger partial charge in [0.25, 0.3) is 10.0 Å². The molecule has 0 bridgehead atoms. The summed E-state index contributed by atoms with van der Waals surface area (Å²) >= 11 is 6.15. The third-order valence-electron chi connectivity index (χ3n) is 4.72. The Bertz CT molecular complexity index is 968. The number of halogens is 4. The number of aromatic nitrogens is 2. The van der Waals surface area contributed by atoms with E-state index in [-0.39, 0.29) is 27.3 Å². The lowest BCUT2D eigenvalue weighted by atomic mass is 10.1. The highest BCUT2D eigenvalue weighted by Gasteiger charge is 2.41. The van der Waals surface area contributed by atoms with E-state index in [1.807, 2.05) is 0 Å². The molecular weight excluding hydrogens is 403 g/mol. The Balaban J connectivity index is 2.18. The van der Waals surface area contributed by atoms with Crippen LogP contribution in [0.1, 0.15) is 31.0 Å². The molecule has 1 aromatic heterocycles. The van der Waals surface area contributed by atoms with E-state index in [9.17, 15) is 21.6 Å². The average Bonchev–Trinajstić information content (AvgIpc) is 3.35. The summed E-state index contributed by atoms with van der Waals surface area (Å²) in [7, 11) is -2.70. The highest BCUT2D eigenvalue weighted by atomic mass is 35.5. The molecule has 148 valence electrons. The van der Waals surface area contributed by atoms with E-state index < -0.39 is 27.8 Å². The van der Waals surface area contributed by atoms with Crippen molar-refractivity contribution in [1.82, 2.24) is 9.78 Å². The van der Waals surface area contributed by atoms with E-state index in [4.69, 9.17) is 11.6 Å². The molecule has 0 unspecified atom stereocenters. The van der Waals surface area contributed by atoms with Gasteiger partial charge in [0.2, 0.25) is 0 Å². The first-order chi connectivity index (χ1) is 12.4. The van der Waals surface area contributed by atoms with Crippen molar-refractivity contribution < 1.29 is 21.6 Å². The normalized spacial score (nSPS) is 16.4. The number of sulfonamides is 1. The molecule has 0 spiro atoms. The first-order valence-electron chi connectivity index (χ1n) is 8.35. The molecule has 0 radical (unpaired) electrons. The lowest BCUT2D eigenvalue weighted by Gasteiger charge is -2.31. The number of alkyl halides is 3. The van der Waals surface area contributed by atoms with E-state index in [0.717, 1.165) is 29.3 Å². The molecule has 5 nitrogen and oxygen atoms in total. The molecule has 1 atom stereocenters. The lowest BCUT2D eigenvalue weighted by molar-refractivity contribution is -0.137. The van der Waals surface area contributed by atoms with Gasteiger partial charge in [-0.1, -0.05) is 17.7 Å². The predicted molar refractivity (Wildman–Crippen MR) is 96.2 cm³/mol. The SMILES string of the molecule is Cc1nn(C)c(Cl)c1S(=O)(=O)N(c1cccc(C(F)(F)F)c1)[C@H](C)C1CC1. The predicted octanol–water partition coefficient (Wildman–Crippen LogP) is 4.39. The molecule has 1 saturated carbocycles. The molecule has 0 N–H and O–H groups in total. The molecule has 1 heterocycles. The minimum Gasteiger partial charge on any atom is -0.263 e. The van der Waals surface area contributed by atoms with Crippen LogP contribution in [-0.4, -0.2) is 24.2 Å². The number of hydrogen-bond donors (Lipinski definition) is 0. The van der Waals surface area contributed by atoms with E-state index in [1.54, 1.807) is 6.92 Å². The summed E-state index contributed by atoms with van der Waals surface area (Å²) in [5, 5.41) is 3.95. The molecule has 1 aliphatic carbocycles. The summed E-state index contributed by atoms with van der Waals surface area (Å²) in [5.74, 6) is 0.0880. The molecule has 1 fully saturated rings. The first-order valence-corrected chi connectivity index (χ1v) is 10.2. The monoisotopic (exact) mass is 421 g/mol. The van der Waals surface area contributed by atoms with Crippen LogP contribution in [0.5, 0.6) is 0 Å². The van der Waals surface area contributed by atoms with Crippen molar-refractivity contribution in [3.8, 4) is 0 Å². The molecule has 27 heavy (non-hydrogen) atoms. The second kappa shape index (κ2) is 6.70. The Morgan fingerprint density at radius 1 is 1.33 bits per heavy atom. The van der Waals surface area contributed by atoms with E-state index >= 15 is 0 Å². The summed E-state index contributed by atoms with van der Waals surface area (Å²) in [6.07, 6.45) is -2.92. The standard InChI is InChI=1S/C17H19ClF3N3O2S/c1-10-15(16(18)23(3)22-10)27(25,26)24(11(2)12-7-8-12)14-6-4-5-13(9-14)17(19,20)21/h4-6,9,11-12H,7-8H2,1-3H3/t11-/m1/s1. The van der Waals surface area contributed by atoms with E-state index in [1.165, 1.54) is 30.8 Å². The molecule has 3 rings (SSSR count).